The van der Waals surface area contributed by atoms with E-state index in [1.54, 1.807) is 42.6 Å². The summed E-state index contributed by atoms with van der Waals surface area (Å²) in [6, 6.07) is 9.97. The Balaban J connectivity index is 2.39. The van der Waals surface area contributed by atoms with Gasteiger partial charge in [0.05, 0.1) is 22.7 Å². The first-order chi connectivity index (χ1) is 12.6. The highest BCUT2D eigenvalue weighted by Crippen LogP contribution is 2.44. The Morgan fingerprint density at radius 1 is 1.15 bits per heavy atom. The van der Waals surface area contributed by atoms with Crippen LogP contribution in [-0.2, 0) is 0 Å². The standard InChI is InChI=1S/C19H21ClF3N3S/c1-5-25(3)12-24-15-10-13(2)17(11-14(15)20)26(4)16-8-6-7-9-18(16)27-19(21,22)23/h6-12H,5H2,1-4H3. The largest absolute Gasteiger partial charge is 0.446 e. The number of aliphatic imine (C=N–C) groups is 1. The second-order valence-electron chi connectivity index (χ2n) is 5.98. The summed E-state index contributed by atoms with van der Waals surface area (Å²) < 4.78 is 38.6. The van der Waals surface area contributed by atoms with E-state index in [0.717, 1.165) is 17.8 Å². The predicted molar refractivity (Wildman–Crippen MR) is 109 cm³/mol. The first kappa shape index (κ1) is 21.4. The Morgan fingerprint density at radius 2 is 1.81 bits per heavy atom. The number of thioether (sulfide) groups is 1. The minimum Gasteiger partial charge on any atom is -0.366 e. The van der Waals surface area contributed by atoms with Crippen LogP contribution in [0.4, 0.5) is 30.2 Å². The van der Waals surface area contributed by atoms with E-state index >= 15 is 0 Å². The lowest BCUT2D eigenvalue weighted by atomic mass is 10.1. The van der Waals surface area contributed by atoms with E-state index in [1.165, 1.54) is 6.07 Å². The first-order valence-electron chi connectivity index (χ1n) is 8.25. The van der Waals surface area contributed by atoms with Gasteiger partial charge in [-0.15, -0.1) is 0 Å². The molecule has 0 aromatic heterocycles. The molecule has 0 N–H and O–H groups in total. The highest BCUT2D eigenvalue weighted by atomic mass is 35.5. The molecule has 0 aliphatic rings. The molecule has 0 unspecified atom stereocenters. The van der Waals surface area contributed by atoms with Crippen molar-refractivity contribution >= 4 is 46.8 Å². The molecule has 2 aromatic carbocycles. The van der Waals surface area contributed by atoms with Gasteiger partial charge in [-0.3, -0.25) is 0 Å². The Morgan fingerprint density at radius 3 is 2.44 bits per heavy atom. The summed E-state index contributed by atoms with van der Waals surface area (Å²) in [7, 11) is 3.63. The Labute approximate surface area is 166 Å². The predicted octanol–water partition coefficient (Wildman–Crippen LogP) is 6.64. The molecule has 0 saturated heterocycles. The molecular formula is C19H21ClF3N3S. The lowest BCUT2D eigenvalue weighted by molar-refractivity contribution is -0.0328. The number of hydrogen-bond acceptors (Lipinski definition) is 3. The van der Waals surface area contributed by atoms with Crippen LogP contribution in [0.5, 0.6) is 0 Å². The fraction of sp³-hybridized carbons (Fsp3) is 0.316. The number of alkyl halides is 3. The van der Waals surface area contributed by atoms with E-state index < -0.39 is 5.51 Å². The van der Waals surface area contributed by atoms with Crippen molar-refractivity contribution in [2.75, 3.05) is 25.5 Å². The van der Waals surface area contributed by atoms with E-state index in [9.17, 15) is 13.2 Å². The van der Waals surface area contributed by atoms with Gasteiger partial charge in [0, 0.05) is 31.2 Å². The van der Waals surface area contributed by atoms with E-state index in [1.807, 2.05) is 31.9 Å². The Bertz CT molecular complexity index is 824. The first-order valence-corrected chi connectivity index (χ1v) is 9.45. The SMILES string of the molecule is CCN(C)C=Nc1cc(C)c(N(C)c2ccccc2SC(F)(F)F)cc1Cl. The molecule has 3 nitrogen and oxygen atoms in total. The molecule has 0 aliphatic heterocycles. The Hall–Kier alpha value is -1.86. The molecule has 0 spiro atoms. The lowest BCUT2D eigenvalue weighted by Gasteiger charge is -2.25. The number of nitrogens with zero attached hydrogens (tertiary/aromatic N) is 3. The van der Waals surface area contributed by atoms with Crippen molar-refractivity contribution in [2.45, 2.75) is 24.3 Å². The van der Waals surface area contributed by atoms with Crippen LogP contribution in [0.2, 0.25) is 5.02 Å². The maximum absolute atomic E-state index is 12.9. The normalized spacial score (nSPS) is 11.9. The van der Waals surface area contributed by atoms with Crippen LogP contribution in [0.1, 0.15) is 12.5 Å². The number of halogens is 4. The minimum atomic E-state index is -4.35. The topological polar surface area (TPSA) is 18.8 Å². The molecule has 0 amide bonds. The van der Waals surface area contributed by atoms with Gasteiger partial charge in [-0.05, 0) is 55.4 Å². The third-order valence-electron chi connectivity index (χ3n) is 3.97. The molecule has 2 rings (SSSR count). The van der Waals surface area contributed by atoms with Crippen molar-refractivity contribution < 1.29 is 13.2 Å². The highest BCUT2D eigenvalue weighted by Gasteiger charge is 2.31. The number of para-hydroxylation sites is 1. The Kier molecular flexibility index (Phi) is 7.06. The molecule has 0 heterocycles. The number of rotatable bonds is 6. The fourth-order valence-electron chi connectivity index (χ4n) is 2.43. The molecule has 0 saturated carbocycles. The zero-order valence-corrected chi connectivity index (χ0v) is 17.1. The number of benzene rings is 2. The van der Waals surface area contributed by atoms with Crippen LogP contribution in [-0.4, -0.2) is 37.4 Å². The molecule has 0 atom stereocenters. The zero-order chi connectivity index (χ0) is 20.2. The number of aryl methyl sites for hydroxylation is 1. The van der Waals surface area contributed by atoms with E-state index in [2.05, 4.69) is 4.99 Å². The highest BCUT2D eigenvalue weighted by molar-refractivity contribution is 8.00. The zero-order valence-electron chi connectivity index (χ0n) is 15.5. The van der Waals surface area contributed by atoms with Crippen LogP contribution >= 0.6 is 23.4 Å². The molecule has 0 aliphatic carbocycles. The summed E-state index contributed by atoms with van der Waals surface area (Å²) in [4.78, 5) is 8.13. The average Bonchev–Trinajstić information content (AvgIpc) is 2.60. The van der Waals surface area contributed by atoms with Crippen molar-refractivity contribution in [1.29, 1.82) is 0 Å². The summed E-state index contributed by atoms with van der Waals surface area (Å²) in [6.07, 6.45) is 1.69. The second-order valence-corrected chi connectivity index (χ2v) is 7.50. The van der Waals surface area contributed by atoms with Gasteiger partial charge in [0.15, 0.2) is 0 Å². The van der Waals surface area contributed by atoms with Crippen molar-refractivity contribution in [1.82, 2.24) is 4.90 Å². The van der Waals surface area contributed by atoms with Gasteiger partial charge in [0.2, 0.25) is 0 Å². The monoisotopic (exact) mass is 415 g/mol. The third kappa shape index (κ3) is 5.81. The summed E-state index contributed by atoms with van der Waals surface area (Å²) in [6.45, 7) is 4.70. The molecule has 0 fully saturated rings. The maximum Gasteiger partial charge on any atom is 0.446 e. The van der Waals surface area contributed by atoms with Gasteiger partial charge in [0.25, 0.3) is 0 Å². The molecular weight excluding hydrogens is 395 g/mol. The smallest absolute Gasteiger partial charge is 0.366 e. The minimum absolute atomic E-state index is 0.126. The van der Waals surface area contributed by atoms with Crippen LogP contribution in [0.15, 0.2) is 46.3 Å². The van der Waals surface area contributed by atoms with Gasteiger partial charge >= 0.3 is 5.51 Å². The van der Waals surface area contributed by atoms with E-state index in [-0.39, 0.29) is 16.7 Å². The van der Waals surface area contributed by atoms with Crippen LogP contribution < -0.4 is 4.90 Å². The lowest BCUT2D eigenvalue weighted by Crippen LogP contribution is -2.14. The molecule has 2 aromatic rings. The molecule has 8 heteroatoms. The quantitative estimate of drug-likeness (QED) is 0.299. The summed E-state index contributed by atoms with van der Waals surface area (Å²) in [5.41, 5.74) is -1.70. The van der Waals surface area contributed by atoms with Crippen molar-refractivity contribution in [3.05, 3.63) is 47.0 Å². The van der Waals surface area contributed by atoms with Gasteiger partial charge in [-0.25, -0.2) is 4.99 Å². The van der Waals surface area contributed by atoms with Crippen molar-refractivity contribution in [3.63, 3.8) is 0 Å². The molecule has 146 valence electrons. The third-order valence-corrected chi connectivity index (χ3v) is 5.07. The van der Waals surface area contributed by atoms with Crippen LogP contribution in [0, 0.1) is 6.92 Å². The molecule has 27 heavy (non-hydrogen) atoms. The summed E-state index contributed by atoms with van der Waals surface area (Å²) in [5.74, 6) is 0. The number of hydrogen-bond donors (Lipinski definition) is 0. The van der Waals surface area contributed by atoms with Gasteiger partial charge < -0.3 is 9.80 Å². The van der Waals surface area contributed by atoms with Gasteiger partial charge in [-0.2, -0.15) is 13.2 Å². The second kappa shape index (κ2) is 8.89. The van der Waals surface area contributed by atoms with Crippen LogP contribution in [0.25, 0.3) is 0 Å². The molecule has 0 radical (unpaired) electrons. The van der Waals surface area contributed by atoms with Gasteiger partial charge in [-0.1, -0.05) is 23.7 Å². The summed E-state index contributed by atoms with van der Waals surface area (Å²) >= 11 is 6.24. The van der Waals surface area contributed by atoms with Crippen molar-refractivity contribution in [3.8, 4) is 0 Å². The average molecular weight is 416 g/mol. The molecule has 0 bridgehead atoms. The van der Waals surface area contributed by atoms with Crippen LogP contribution in [0.3, 0.4) is 0 Å². The van der Waals surface area contributed by atoms with Gasteiger partial charge in [0.1, 0.15) is 0 Å². The van der Waals surface area contributed by atoms with Crippen molar-refractivity contribution in [2.24, 2.45) is 4.99 Å². The van der Waals surface area contributed by atoms with E-state index in [0.29, 0.717) is 16.4 Å². The summed E-state index contributed by atoms with van der Waals surface area (Å²) in [5, 5.41) is 0.434. The maximum atomic E-state index is 12.9. The fourth-order valence-corrected chi connectivity index (χ4v) is 3.35. The number of anilines is 2. The van der Waals surface area contributed by atoms with E-state index in [4.69, 9.17) is 11.6 Å².